The number of hydrogen-bond acceptors (Lipinski definition) is 4. The molecule has 1 unspecified atom stereocenters. The number of anilines is 1. The lowest BCUT2D eigenvalue weighted by atomic mass is 9.94. The van der Waals surface area contributed by atoms with Crippen molar-refractivity contribution in [1.29, 1.82) is 0 Å². The molecule has 178 valence electrons. The molecule has 0 N–H and O–H groups in total. The Hall–Kier alpha value is -2.90. The highest BCUT2D eigenvalue weighted by molar-refractivity contribution is 6.10. The summed E-state index contributed by atoms with van der Waals surface area (Å²) in [5.41, 5.74) is 0.426. The van der Waals surface area contributed by atoms with Crippen molar-refractivity contribution in [3.05, 3.63) is 29.8 Å². The molecular formula is C25H34N4O4. The zero-order chi connectivity index (χ0) is 23.8. The predicted molar refractivity (Wildman–Crippen MR) is 124 cm³/mol. The second-order valence-electron chi connectivity index (χ2n) is 9.34. The molecule has 0 radical (unpaired) electrons. The van der Waals surface area contributed by atoms with E-state index in [1.807, 2.05) is 42.7 Å². The van der Waals surface area contributed by atoms with Gasteiger partial charge in [-0.1, -0.05) is 12.1 Å². The largest absolute Gasteiger partial charge is 0.343 e. The Bertz CT molecular complexity index is 951. The van der Waals surface area contributed by atoms with E-state index in [9.17, 15) is 19.2 Å². The van der Waals surface area contributed by atoms with Crippen LogP contribution < -0.4 is 4.90 Å². The highest BCUT2D eigenvalue weighted by Crippen LogP contribution is 2.44. The van der Waals surface area contributed by atoms with Crippen LogP contribution in [0.3, 0.4) is 0 Å². The van der Waals surface area contributed by atoms with E-state index in [0.29, 0.717) is 63.1 Å². The molecule has 2 fully saturated rings. The summed E-state index contributed by atoms with van der Waals surface area (Å²) >= 11 is 0. The smallest absolute Gasteiger partial charge is 0.257 e. The third-order valence-corrected chi connectivity index (χ3v) is 7.57. The zero-order valence-corrected chi connectivity index (χ0v) is 19.9. The van der Waals surface area contributed by atoms with E-state index in [0.717, 1.165) is 0 Å². The topological polar surface area (TPSA) is 81.2 Å². The number of carbonyl (C=O) groups is 4. The van der Waals surface area contributed by atoms with Crippen LogP contribution in [0.4, 0.5) is 5.69 Å². The van der Waals surface area contributed by atoms with Gasteiger partial charge in [0, 0.05) is 51.5 Å². The van der Waals surface area contributed by atoms with E-state index in [4.69, 9.17) is 0 Å². The molecule has 8 nitrogen and oxygen atoms in total. The van der Waals surface area contributed by atoms with Crippen molar-refractivity contribution < 1.29 is 19.2 Å². The number of hydrogen-bond donors (Lipinski definition) is 0. The molecule has 0 bridgehead atoms. The fourth-order valence-electron chi connectivity index (χ4n) is 5.58. The van der Waals surface area contributed by atoms with Crippen molar-refractivity contribution in [2.24, 2.45) is 5.92 Å². The first kappa shape index (κ1) is 23.3. The monoisotopic (exact) mass is 454 g/mol. The molecule has 4 amide bonds. The van der Waals surface area contributed by atoms with Crippen LogP contribution in [0.2, 0.25) is 0 Å². The van der Waals surface area contributed by atoms with E-state index in [2.05, 4.69) is 0 Å². The van der Waals surface area contributed by atoms with Gasteiger partial charge in [-0.2, -0.15) is 0 Å². The normalized spacial score (nSPS) is 22.9. The number of rotatable bonds is 6. The third kappa shape index (κ3) is 4.00. The van der Waals surface area contributed by atoms with Gasteiger partial charge in [-0.15, -0.1) is 0 Å². The van der Waals surface area contributed by atoms with Gasteiger partial charge in [-0.25, -0.2) is 0 Å². The van der Waals surface area contributed by atoms with Crippen LogP contribution in [-0.2, 0) is 14.4 Å². The summed E-state index contributed by atoms with van der Waals surface area (Å²) in [6.45, 7) is 8.70. The number of para-hydroxylation sites is 1. The lowest BCUT2D eigenvalue weighted by Crippen LogP contribution is -2.62. The molecule has 0 aliphatic carbocycles. The van der Waals surface area contributed by atoms with E-state index in [1.54, 1.807) is 21.9 Å². The zero-order valence-electron chi connectivity index (χ0n) is 19.9. The van der Waals surface area contributed by atoms with Gasteiger partial charge in [0.25, 0.3) is 5.91 Å². The standard InChI is InChI=1S/C25H34N4O4/c1-4-26(5-2)23(32)18-11-15-27(16-12-18)21(30)13-17-28-24(33)19-8-6-7-9-20(19)29-22(31)10-14-25(28,29)3/h6-9,18H,4-5,10-17H2,1-3H3. The molecule has 3 aliphatic heterocycles. The summed E-state index contributed by atoms with van der Waals surface area (Å²) in [5.74, 6) is 0.0358. The van der Waals surface area contributed by atoms with Crippen LogP contribution in [0, 0.1) is 5.92 Å². The fourth-order valence-corrected chi connectivity index (χ4v) is 5.58. The second-order valence-corrected chi connectivity index (χ2v) is 9.34. The molecule has 33 heavy (non-hydrogen) atoms. The Morgan fingerprint density at radius 3 is 2.42 bits per heavy atom. The number of likely N-dealkylation sites (tertiary alicyclic amines) is 1. The second kappa shape index (κ2) is 9.15. The Kier molecular flexibility index (Phi) is 6.45. The molecular weight excluding hydrogens is 420 g/mol. The van der Waals surface area contributed by atoms with Gasteiger partial charge >= 0.3 is 0 Å². The first-order chi connectivity index (χ1) is 15.8. The number of carbonyl (C=O) groups excluding carboxylic acids is 4. The Labute approximate surface area is 195 Å². The minimum Gasteiger partial charge on any atom is -0.343 e. The molecule has 0 aromatic heterocycles. The number of piperidine rings is 1. The SMILES string of the molecule is CCN(CC)C(=O)C1CCN(C(=O)CCN2C(=O)c3ccccc3N3C(=O)CCC23C)CC1. The van der Waals surface area contributed by atoms with Gasteiger partial charge in [0.1, 0.15) is 5.66 Å². The minimum absolute atomic E-state index is 0.00475. The quantitative estimate of drug-likeness (QED) is 0.661. The molecule has 3 aliphatic rings. The van der Waals surface area contributed by atoms with Crippen LogP contribution in [0.1, 0.15) is 63.2 Å². The van der Waals surface area contributed by atoms with Crippen LogP contribution in [0.15, 0.2) is 24.3 Å². The van der Waals surface area contributed by atoms with Gasteiger partial charge < -0.3 is 14.7 Å². The molecule has 2 saturated heterocycles. The molecule has 1 atom stereocenters. The van der Waals surface area contributed by atoms with Gasteiger partial charge in [-0.3, -0.25) is 24.1 Å². The van der Waals surface area contributed by atoms with Crippen LogP contribution in [0.5, 0.6) is 0 Å². The summed E-state index contributed by atoms with van der Waals surface area (Å²) in [4.78, 5) is 58.7. The number of amides is 4. The number of fused-ring (bicyclic) bond motifs is 3. The maximum absolute atomic E-state index is 13.3. The molecule has 0 saturated carbocycles. The summed E-state index contributed by atoms with van der Waals surface area (Å²) in [6.07, 6.45) is 2.50. The molecule has 1 aromatic carbocycles. The number of benzene rings is 1. The maximum Gasteiger partial charge on any atom is 0.257 e. The Morgan fingerprint density at radius 1 is 1.09 bits per heavy atom. The van der Waals surface area contributed by atoms with Crippen molar-refractivity contribution in [3.8, 4) is 0 Å². The molecule has 3 heterocycles. The average molecular weight is 455 g/mol. The summed E-state index contributed by atoms with van der Waals surface area (Å²) in [7, 11) is 0. The number of nitrogens with zero attached hydrogens (tertiary/aromatic N) is 4. The van der Waals surface area contributed by atoms with Crippen molar-refractivity contribution in [1.82, 2.24) is 14.7 Å². The first-order valence-corrected chi connectivity index (χ1v) is 12.1. The van der Waals surface area contributed by atoms with Crippen LogP contribution in [0.25, 0.3) is 0 Å². The molecule has 8 heteroatoms. The van der Waals surface area contributed by atoms with E-state index >= 15 is 0 Å². The highest BCUT2D eigenvalue weighted by atomic mass is 16.2. The van der Waals surface area contributed by atoms with Crippen molar-refractivity contribution >= 4 is 29.3 Å². The maximum atomic E-state index is 13.3. The van der Waals surface area contributed by atoms with Gasteiger partial charge in [0.15, 0.2) is 0 Å². The minimum atomic E-state index is -0.744. The lowest BCUT2D eigenvalue weighted by Gasteiger charge is -2.48. The lowest BCUT2D eigenvalue weighted by molar-refractivity contribution is -0.140. The summed E-state index contributed by atoms with van der Waals surface area (Å²) in [6, 6.07) is 7.20. The first-order valence-electron chi connectivity index (χ1n) is 12.1. The molecule has 1 aromatic rings. The van der Waals surface area contributed by atoms with Gasteiger partial charge in [-0.05, 0) is 52.2 Å². The summed E-state index contributed by atoms with van der Waals surface area (Å²) < 4.78 is 0. The van der Waals surface area contributed by atoms with Crippen molar-refractivity contribution in [2.45, 2.75) is 58.5 Å². The average Bonchev–Trinajstić information content (AvgIpc) is 3.14. The van der Waals surface area contributed by atoms with Crippen molar-refractivity contribution in [2.75, 3.05) is 37.6 Å². The fraction of sp³-hybridized carbons (Fsp3) is 0.600. The molecule has 4 rings (SSSR count). The Balaban J connectivity index is 1.40. The van der Waals surface area contributed by atoms with E-state index in [-0.39, 0.29) is 42.5 Å². The summed E-state index contributed by atoms with van der Waals surface area (Å²) in [5, 5.41) is 0. The van der Waals surface area contributed by atoms with Crippen LogP contribution >= 0.6 is 0 Å². The van der Waals surface area contributed by atoms with E-state index < -0.39 is 5.66 Å². The predicted octanol–water partition coefficient (Wildman–Crippen LogP) is 2.48. The Morgan fingerprint density at radius 2 is 1.76 bits per heavy atom. The highest BCUT2D eigenvalue weighted by Gasteiger charge is 2.52. The van der Waals surface area contributed by atoms with Crippen LogP contribution in [-0.4, -0.2) is 76.7 Å². The third-order valence-electron chi connectivity index (χ3n) is 7.57. The van der Waals surface area contributed by atoms with Gasteiger partial charge in [0.2, 0.25) is 17.7 Å². The van der Waals surface area contributed by atoms with E-state index in [1.165, 1.54) is 0 Å². The van der Waals surface area contributed by atoms with Gasteiger partial charge in [0.05, 0.1) is 11.3 Å². The van der Waals surface area contributed by atoms with Crippen molar-refractivity contribution in [3.63, 3.8) is 0 Å². The molecule has 0 spiro atoms.